The van der Waals surface area contributed by atoms with Gasteiger partial charge in [-0.2, -0.15) is 0 Å². The molecular formula is H35Na5O45Si15. The van der Waals surface area contributed by atoms with Crippen LogP contribution in [0.5, 0.6) is 0 Å². The fourth-order valence-electron chi connectivity index (χ4n) is 0. The minimum absolute atomic E-state index is 0. The molecule has 0 unspecified atom stereocenters. The molecule has 0 fully saturated rings. The summed E-state index contributed by atoms with van der Waals surface area (Å²) in [5.74, 6) is 0. The maximum Gasteiger partial charge on any atom is 1.00 e. The monoisotopic (exact) mass is 1290 g/mol. The Morgan fingerprint density at radius 1 is 0.123 bits per heavy atom. The largest absolute Gasteiger partial charge is 1.00 e. The Bertz CT molecular complexity index is 797. The van der Waals surface area contributed by atoms with Crippen molar-refractivity contribution in [2.75, 3.05) is 0 Å². The standard InChI is InChI=1S/5Na.15H2O3Si.5H/c;;;;;15*1-4(2)3;;;;;/h;;;;;15*1-2H;;;;;/q5*+1;;;;;;;;;;;;;;;;5*-1. The molecule has 0 saturated carbocycles. The first-order valence-corrected chi connectivity index (χ1v) is 29.3. The molecule has 45 nitrogen and oxygen atoms in total. The van der Waals surface area contributed by atoms with Crippen LogP contribution in [0.15, 0.2) is 0 Å². The van der Waals surface area contributed by atoms with Crippen LogP contribution in [-0.4, -0.2) is 281 Å². The molecule has 0 aromatic heterocycles. The average molecular weight is 1290 g/mol. The van der Waals surface area contributed by atoms with Crippen LogP contribution in [0, 0.1) is 0 Å². The van der Waals surface area contributed by atoms with Crippen molar-refractivity contribution >= 4 is 138 Å². The van der Waals surface area contributed by atoms with Crippen LogP contribution in [0.3, 0.4) is 0 Å². The SMILES string of the molecule is O=[Si](O)O.O=[Si](O)O.O=[Si](O)O.O=[Si](O)O.O=[Si](O)O.O=[Si](O)O.O=[Si](O)O.O=[Si](O)O.O=[Si](O)O.O=[Si](O)O.O=[Si](O)O.O=[Si](O)O.O=[Si](O)O.O=[Si](O)O.O=[Si](O)O.[H-].[H-].[H-].[H-].[H-].[Na+].[Na+].[Na+].[Na+].[Na+]. The van der Waals surface area contributed by atoms with Crippen molar-refractivity contribution in [3.63, 3.8) is 0 Å². The molecule has 0 bridgehead atoms. The van der Waals surface area contributed by atoms with Crippen molar-refractivity contribution in [3.8, 4) is 0 Å². The van der Waals surface area contributed by atoms with Gasteiger partial charge in [-0.3, -0.25) is 66.9 Å². The summed E-state index contributed by atoms with van der Waals surface area (Å²) in [6.45, 7) is 0. The van der Waals surface area contributed by atoms with E-state index in [2.05, 4.69) is 0 Å². The van der Waals surface area contributed by atoms with Crippen LogP contribution >= 0.6 is 0 Å². The molecule has 0 saturated heterocycles. The Morgan fingerprint density at radius 2 is 0.123 bits per heavy atom. The molecule has 30 N–H and O–H groups in total. The van der Waals surface area contributed by atoms with Crippen molar-refractivity contribution in [2.45, 2.75) is 0 Å². The summed E-state index contributed by atoms with van der Waals surface area (Å²) in [5.41, 5.74) is 0. The summed E-state index contributed by atoms with van der Waals surface area (Å²) >= 11 is 0. The van der Waals surface area contributed by atoms with E-state index in [0.717, 1.165) is 0 Å². The van der Waals surface area contributed by atoms with E-state index in [1.165, 1.54) is 0 Å². The molecule has 0 aliphatic carbocycles. The van der Waals surface area contributed by atoms with Crippen molar-refractivity contribution in [3.05, 3.63) is 0 Å². The fraction of sp³-hybridized carbons (Fsp3) is 0. The average Bonchev–Trinajstić information content (AvgIpc) is 2.78. The van der Waals surface area contributed by atoms with Gasteiger partial charge in [-0.15, -0.1) is 0 Å². The van der Waals surface area contributed by atoms with Gasteiger partial charge < -0.3 is 151 Å². The Labute approximate surface area is 497 Å². The molecule has 65 heavy (non-hydrogen) atoms. The molecule has 0 rings (SSSR count). The van der Waals surface area contributed by atoms with Gasteiger partial charge in [0.1, 0.15) is 0 Å². The van der Waals surface area contributed by atoms with E-state index >= 15 is 0 Å². The van der Waals surface area contributed by atoms with E-state index in [4.69, 9.17) is 211 Å². The van der Waals surface area contributed by atoms with E-state index in [9.17, 15) is 0 Å². The third-order valence-corrected chi connectivity index (χ3v) is 0. The van der Waals surface area contributed by atoms with Crippen molar-refractivity contribution in [1.82, 2.24) is 0 Å². The van der Waals surface area contributed by atoms with Crippen molar-refractivity contribution in [2.24, 2.45) is 0 Å². The predicted molar refractivity (Wildman–Crippen MR) is 169 cm³/mol. The molecule has 0 aromatic carbocycles. The molecule has 0 atom stereocenters. The zero-order valence-electron chi connectivity index (χ0n) is 37.0. The van der Waals surface area contributed by atoms with Crippen LogP contribution in [0.2, 0.25) is 0 Å². The molecule has 0 amide bonds. The zero-order valence-corrected chi connectivity index (χ0v) is 57.0. The van der Waals surface area contributed by atoms with Crippen molar-refractivity contribution < 1.29 is 366 Å². The molecule has 65 heteroatoms. The predicted octanol–water partition coefficient (Wildman–Crippen LogP) is -38.6. The van der Waals surface area contributed by atoms with Gasteiger partial charge in [0, 0.05) is 0 Å². The second kappa shape index (κ2) is 125. The normalized spacial score (nSPS) is 5.54. The van der Waals surface area contributed by atoms with E-state index in [1.54, 1.807) is 0 Å². The third kappa shape index (κ3) is 426000. The van der Waals surface area contributed by atoms with E-state index in [1.807, 2.05) is 0 Å². The van der Waals surface area contributed by atoms with Crippen LogP contribution in [0.1, 0.15) is 7.13 Å². The minimum Gasteiger partial charge on any atom is -1.00 e. The zero-order chi connectivity index (χ0) is 53.7. The first kappa shape index (κ1) is 131. The van der Waals surface area contributed by atoms with Gasteiger partial charge in [0.05, 0.1) is 0 Å². The first-order valence-electron chi connectivity index (χ1n) is 9.77. The van der Waals surface area contributed by atoms with Gasteiger partial charge in [-0.05, 0) is 0 Å². The molecule has 0 radical (unpaired) electrons. The van der Waals surface area contributed by atoms with E-state index < -0.39 is 138 Å². The molecule has 370 valence electrons. The number of hydrogen-bond donors (Lipinski definition) is 30. The third-order valence-electron chi connectivity index (χ3n) is 0. The fourth-order valence-corrected chi connectivity index (χ4v) is 0. The maximum absolute atomic E-state index is 8.74. The first-order chi connectivity index (χ1) is 26.0. The van der Waals surface area contributed by atoms with Crippen molar-refractivity contribution in [1.29, 1.82) is 0 Å². The smallest absolute Gasteiger partial charge is 1.00 e. The molecule has 0 spiro atoms. The van der Waals surface area contributed by atoms with Gasteiger partial charge in [-0.25, -0.2) is 0 Å². The molecular weight excluding hydrogens is 1260 g/mol. The van der Waals surface area contributed by atoms with Crippen LogP contribution in [0.25, 0.3) is 0 Å². The van der Waals surface area contributed by atoms with E-state index in [-0.39, 0.29) is 155 Å². The molecule has 0 aliphatic rings. The summed E-state index contributed by atoms with van der Waals surface area (Å²) in [4.78, 5) is 215. The summed E-state index contributed by atoms with van der Waals surface area (Å²) in [5, 5.41) is 0. The van der Waals surface area contributed by atoms with Gasteiger partial charge in [0.2, 0.25) is 0 Å². The van der Waals surface area contributed by atoms with Crippen LogP contribution in [0.4, 0.5) is 0 Å². The molecule has 0 aromatic rings. The second-order valence-corrected chi connectivity index (χ2v) is 12.7. The molecule has 0 heterocycles. The summed E-state index contributed by atoms with van der Waals surface area (Å²) in [6, 6.07) is 0. The Morgan fingerprint density at radius 3 is 0.123 bits per heavy atom. The topological polar surface area (TPSA) is 863 Å². The van der Waals surface area contributed by atoms with Crippen LogP contribution in [-0.2, 0) is 66.9 Å². The maximum atomic E-state index is 8.74. The summed E-state index contributed by atoms with van der Waals surface area (Å²) in [6.07, 6.45) is 0. The van der Waals surface area contributed by atoms with Gasteiger partial charge in [0.25, 0.3) is 0 Å². The number of rotatable bonds is 0. The Balaban J connectivity index is -0.0000000133. The number of hydrogen-bond acceptors (Lipinski definition) is 15. The van der Waals surface area contributed by atoms with Crippen LogP contribution < -0.4 is 148 Å². The van der Waals surface area contributed by atoms with E-state index in [0.29, 0.717) is 0 Å². The minimum atomic E-state index is -3.13. The quantitative estimate of drug-likeness (QED) is 0.100. The summed E-state index contributed by atoms with van der Waals surface area (Å²) < 4.78 is 131. The summed E-state index contributed by atoms with van der Waals surface area (Å²) in [7, 11) is -46.9. The van der Waals surface area contributed by atoms with Gasteiger partial charge in [-0.1, -0.05) is 0 Å². The molecule has 0 aliphatic heterocycles. The van der Waals surface area contributed by atoms with Gasteiger partial charge in [0.15, 0.2) is 0 Å². The Kier molecular flexibility index (Phi) is 253. The Hall–Kier alpha value is -0.747. The van der Waals surface area contributed by atoms with Gasteiger partial charge >= 0.3 is 285 Å². The second-order valence-electron chi connectivity index (χ2n) is 4.24.